The van der Waals surface area contributed by atoms with Gasteiger partial charge in [-0.1, -0.05) is 80.6 Å². The molecule has 0 heterocycles. The summed E-state index contributed by atoms with van der Waals surface area (Å²) in [5.41, 5.74) is 1.94. The Kier molecular flexibility index (Phi) is 3.04. The monoisotopic (exact) mass is 368 g/mol. The van der Waals surface area contributed by atoms with Crippen molar-refractivity contribution in [3.63, 3.8) is 0 Å². The number of rotatable bonds is 0. The molecule has 5 heteroatoms. The highest BCUT2D eigenvalue weighted by molar-refractivity contribution is 9.11. The van der Waals surface area contributed by atoms with Gasteiger partial charge in [0.1, 0.15) is 0 Å². The summed E-state index contributed by atoms with van der Waals surface area (Å²) in [4.78, 5) is 0. The highest BCUT2D eigenvalue weighted by atomic mass is 79.9. The van der Waals surface area contributed by atoms with E-state index in [0.717, 1.165) is 15.6 Å². The predicted molar refractivity (Wildman–Crippen MR) is 78.1 cm³/mol. The topological polar surface area (TPSA) is 0 Å². The maximum Gasteiger partial charge on any atom is 0.0797 e. The molecule has 1 aromatic carbocycles. The zero-order valence-electron chi connectivity index (χ0n) is 8.28. The van der Waals surface area contributed by atoms with Gasteiger partial charge in [0.25, 0.3) is 0 Å². The van der Waals surface area contributed by atoms with Crippen LogP contribution in [0.5, 0.6) is 0 Å². The van der Waals surface area contributed by atoms with E-state index in [2.05, 4.69) is 34.2 Å². The Morgan fingerprint density at radius 3 is 2.00 bits per heavy atom. The molecule has 0 spiro atoms. The Morgan fingerprint density at radius 1 is 0.824 bits per heavy atom. The van der Waals surface area contributed by atoms with Gasteiger partial charge in [0.15, 0.2) is 0 Å². The molecule has 3 aliphatic rings. The van der Waals surface area contributed by atoms with Crippen molar-refractivity contribution in [1.29, 1.82) is 0 Å². The van der Waals surface area contributed by atoms with E-state index in [4.69, 9.17) is 46.4 Å². The largest absolute Gasteiger partial charge is 0.0823 e. The summed E-state index contributed by atoms with van der Waals surface area (Å²) < 4.78 is 1.09. The van der Waals surface area contributed by atoms with E-state index in [1.165, 1.54) is 0 Å². The van der Waals surface area contributed by atoms with Crippen LogP contribution in [-0.4, -0.2) is 0 Å². The number of allylic oxidation sites excluding steroid dienone is 4. The van der Waals surface area contributed by atoms with Crippen LogP contribution in [0, 0.1) is 0 Å². The zero-order chi connectivity index (χ0) is 12.3. The molecule has 88 valence electrons. The van der Waals surface area contributed by atoms with Gasteiger partial charge in [0, 0.05) is 16.3 Å². The molecule has 0 aliphatic heterocycles. The van der Waals surface area contributed by atoms with Crippen molar-refractivity contribution in [2.45, 2.75) is 11.8 Å². The molecule has 0 nitrogen and oxygen atoms in total. The van der Waals surface area contributed by atoms with Crippen molar-refractivity contribution in [1.82, 2.24) is 0 Å². The van der Waals surface area contributed by atoms with Gasteiger partial charge in [-0.3, -0.25) is 0 Å². The summed E-state index contributed by atoms with van der Waals surface area (Å²) in [7, 11) is 0. The van der Waals surface area contributed by atoms with E-state index in [1.54, 1.807) is 0 Å². The summed E-state index contributed by atoms with van der Waals surface area (Å²) in [6.07, 6.45) is 6.31. The lowest BCUT2D eigenvalue weighted by atomic mass is 9.76. The summed E-state index contributed by atoms with van der Waals surface area (Å²) in [6.45, 7) is 0. The highest BCUT2D eigenvalue weighted by Gasteiger charge is 2.35. The molecule has 0 saturated heterocycles. The fourth-order valence-electron chi connectivity index (χ4n) is 2.36. The minimum Gasteiger partial charge on any atom is -0.0823 e. The second-order valence-corrected chi connectivity index (χ2v) is 6.45. The first kappa shape index (κ1) is 12.4. The quantitative estimate of drug-likeness (QED) is 0.284. The molecule has 0 N–H and O–H groups in total. The van der Waals surface area contributed by atoms with Crippen molar-refractivity contribution in [3.8, 4) is 0 Å². The molecule has 2 atom stereocenters. The molecule has 0 aromatic heterocycles. The van der Waals surface area contributed by atoms with Gasteiger partial charge in [-0.2, -0.15) is 0 Å². The fourth-order valence-corrected chi connectivity index (χ4v) is 4.15. The normalized spacial score (nSPS) is 24.9. The highest BCUT2D eigenvalue weighted by Crippen LogP contribution is 2.55. The predicted octanol–water partition coefficient (Wildman–Crippen LogP) is 6.33. The Bertz CT molecular complexity index is 589. The lowest BCUT2D eigenvalue weighted by Crippen LogP contribution is -2.16. The molecule has 17 heavy (non-hydrogen) atoms. The van der Waals surface area contributed by atoms with Crippen molar-refractivity contribution in [3.05, 3.63) is 53.9 Å². The van der Waals surface area contributed by atoms with Crippen LogP contribution in [-0.2, 0) is 0 Å². The molecular formula is C12H5BrCl4. The zero-order valence-corrected chi connectivity index (χ0v) is 12.9. The van der Waals surface area contributed by atoms with Crippen LogP contribution in [0.1, 0.15) is 23.0 Å². The number of benzene rings is 1. The summed E-state index contributed by atoms with van der Waals surface area (Å²) in [6, 6.07) is 0. The van der Waals surface area contributed by atoms with E-state index in [-0.39, 0.29) is 11.8 Å². The Morgan fingerprint density at radius 2 is 1.41 bits per heavy atom. The number of halogens is 5. The first-order valence-corrected chi connectivity index (χ1v) is 7.24. The van der Waals surface area contributed by atoms with Gasteiger partial charge in [-0.25, -0.2) is 0 Å². The molecule has 4 rings (SSSR count). The SMILES string of the molecule is Clc1c(Cl)c(Cl)c2c(c1Cl)C1C=CC2C(Br)=C1. The average molecular weight is 371 g/mol. The first-order valence-electron chi connectivity index (χ1n) is 4.93. The maximum atomic E-state index is 6.29. The van der Waals surface area contributed by atoms with E-state index in [0.29, 0.717) is 20.1 Å². The third-order valence-electron chi connectivity index (χ3n) is 3.13. The molecule has 2 unspecified atom stereocenters. The molecule has 1 aromatic rings. The summed E-state index contributed by atoms with van der Waals surface area (Å²) in [5, 5.41) is 1.67. The lowest BCUT2D eigenvalue weighted by Gasteiger charge is -2.33. The van der Waals surface area contributed by atoms with Gasteiger partial charge < -0.3 is 0 Å². The van der Waals surface area contributed by atoms with E-state index in [1.807, 2.05) is 0 Å². The van der Waals surface area contributed by atoms with Crippen LogP contribution in [0.25, 0.3) is 0 Å². The smallest absolute Gasteiger partial charge is 0.0797 e. The third-order valence-corrected chi connectivity index (χ3v) is 5.72. The van der Waals surface area contributed by atoms with Crippen LogP contribution < -0.4 is 0 Å². The Labute approximate surface area is 127 Å². The maximum absolute atomic E-state index is 6.29. The Hall–Kier alpha value is 0.340. The van der Waals surface area contributed by atoms with Crippen molar-refractivity contribution < 1.29 is 0 Å². The van der Waals surface area contributed by atoms with E-state index in [9.17, 15) is 0 Å². The second kappa shape index (κ2) is 4.18. The standard InChI is InChI=1S/C12H5BrCl4/c13-6-3-4-1-2-5(6)8-7(4)9(14)11(16)12(17)10(8)15/h1-5H. The fraction of sp³-hybridized carbons (Fsp3) is 0.167. The third kappa shape index (κ3) is 1.63. The molecule has 0 fully saturated rings. The van der Waals surface area contributed by atoms with Crippen molar-refractivity contribution >= 4 is 62.3 Å². The summed E-state index contributed by atoms with van der Waals surface area (Å²) in [5.74, 6) is 0.207. The first-order chi connectivity index (χ1) is 8.02. The summed E-state index contributed by atoms with van der Waals surface area (Å²) >= 11 is 28.3. The molecule has 0 radical (unpaired) electrons. The van der Waals surface area contributed by atoms with Gasteiger partial charge in [-0.15, -0.1) is 0 Å². The minimum absolute atomic E-state index is 0.0924. The van der Waals surface area contributed by atoms with Gasteiger partial charge in [-0.05, 0) is 11.1 Å². The molecule has 3 aliphatic carbocycles. The molecule has 0 amide bonds. The van der Waals surface area contributed by atoms with Gasteiger partial charge in [0.2, 0.25) is 0 Å². The van der Waals surface area contributed by atoms with Crippen LogP contribution in [0.4, 0.5) is 0 Å². The molecule has 0 saturated carbocycles. The van der Waals surface area contributed by atoms with Crippen molar-refractivity contribution in [2.24, 2.45) is 0 Å². The molecular weight excluding hydrogens is 366 g/mol. The second-order valence-electron chi connectivity index (χ2n) is 4.02. The van der Waals surface area contributed by atoms with Gasteiger partial charge >= 0.3 is 0 Å². The van der Waals surface area contributed by atoms with Crippen LogP contribution in [0.3, 0.4) is 0 Å². The Balaban J connectivity index is 2.39. The lowest BCUT2D eigenvalue weighted by molar-refractivity contribution is 0.870. The van der Waals surface area contributed by atoms with E-state index >= 15 is 0 Å². The molecule has 2 bridgehead atoms. The van der Waals surface area contributed by atoms with Crippen LogP contribution in [0.2, 0.25) is 20.1 Å². The average Bonchev–Trinajstić information content (AvgIpc) is 2.33. The van der Waals surface area contributed by atoms with E-state index < -0.39 is 0 Å². The van der Waals surface area contributed by atoms with Crippen LogP contribution in [0.15, 0.2) is 22.7 Å². The minimum atomic E-state index is 0.0924. The van der Waals surface area contributed by atoms with Crippen LogP contribution >= 0.6 is 62.3 Å². The number of hydrogen-bond donors (Lipinski definition) is 0. The van der Waals surface area contributed by atoms with Gasteiger partial charge in [0.05, 0.1) is 20.1 Å². The van der Waals surface area contributed by atoms with Crippen molar-refractivity contribution in [2.75, 3.05) is 0 Å². The number of hydrogen-bond acceptors (Lipinski definition) is 0.